The van der Waals surface area contributed by atoms with Crippen molar-refractivity contribution in [2.75, 3.05) is 0 Å². The third kappa shape index (κ3) is 2.85. The molecule has 0 aromatic carbocycles. The van der Waals surface area contributed by atoms with Gasteiger partial charge in [0.05, 0.1) is 0 Å². The lowest BCUT2D eigenvalue weighted by Gasteiger charge is -1.82. The van der Waals surface area contributed by atoms with Gasteiger partial charge in [-0.05, 0) is 12.1 Å². The highest BCUT2D eigenvalue weighted by Gasteiger charge is 2.26. The van der Waals surface area contributed by atoms with E-state index in [-0.39, 0.29) is 11.6 Å². The van der Waals surface area contributed by atoms with E-state index in [1.807, 2.05) is 0 Å². The summed E-state index contributed by atoms with van der Waals surface area (Å²) in [7, 11) is 0. The number of Topliss-reactive ketones (excluding diaryl/α,β-unsaturated/α-hetero) is 2. The molecule has 2 aromatic heterocycles. The van der Waals surface area contributed by atoms with E-state index in [0.717, 1.165) is 7.53 Å². The highest BCUT2D eigenvalue weighted by atomic mass is 127. The molecule has 88 valence electrons. The molecule has 0 amide bonds. The molecule has 0 radical (unpaired) electrons. The van der Waals surface area contributed by atoms with Crippen LogP contribution >= 0.6 is 0 Å². The van der Waals surface area contributed by atoms with Crippen LogP contribution in [0, 0.1) is 7.53 Å². The van der Waals surface area contributed by atoms with Gasteiger partial charge in [-0.3, -0.25) is 9.59 Å². The Bertz CT molecular complexity index is 514. The molecular weight excluding hydrogens is 335 g/mol. The van der Waals surface area contributed by atoms with Crippen LogP contribution in [-0.4, -0.2) is 11.6 Å². The lowest BCUT2D eigenvalue weighted by Crippen LogP contribution is -3.61. The molecule has 0 saturated heterocycles. The Morgan fingerprint density at radius 2 is 1.29 bits per heavy atom. The second-order valence-corrected chi connectivity index (χ2v) is 6.08. The maximum absolute atomic E-state index is 11.1. The normalized spacial score (nSPS) is 10.5. The van der Waals surface area contributed by atoms with Crippen molar-refractivity contribution < 1.29 is 39.6 Å². The van der Waals surface area contributed by atoms with Crippen LogP contribution in [0.3, 0.4) is 0 Å². The predicted octanol–water partition coefficient (Wildman–Crippen LogP) is -0.594. The fourth-order valence-electron chi connectivity index (χ4n) is 1.20. The van der Waals surface area contributed by atoms with Crippen molar-refractivity contribution in [2.45, 2.75) is 13.8 Å². The van der Waals surface area contributed by atoms with Crippen LogP contribution in [0.25, 0.3) is 0 Å². The van der Waals surface area contributed by atoms with E-state index >= 15 is 0 Å². The molecule has 4 nitrogen and oxygen atoms in total. The van der Waals surface area contributed by atoms with Gasteiger partial charge in [0.1, 0.15) is 0 Å². The second-order valence-electron chi connectivity index (χ2n) is 3.41. The van der Waals surface area contributed by atoms with Gasteiger partial charge in [-0.25, -0.2) is 0 Å². The Morgan fingerprint density at radius 3 is 1.59 bits per heavy atom. The Balaban J connectivity index is 2.13. The second kappa shape index (κ2) is 4.87. The number of halogens is 1. The molecule has 2 heterocycles. The van der Waals surface area contributed by atoms with Gasteiger partial charge >= 0.3 is 28.7 Å². The summed E-state index contributed by atoms with van der Waals surface area (Å²) in [6, 6.07) is 6.87. The molecular formula is C12H10IO4+. The fraction of sp³-hybridized carbons (Fsp3) is 0.167. The molecule has 0 aliphatic heterocycles. The van der Waals surface area contributed by atoms with Crippen molar-refractivity contribution in [3.8, 4) is 0 Å². The molecule has 2 rings (SSSR count). The highest BCUT2D eigenvalue weighted by Crippen LogP contribution is 2.02. The van der Waals surface area contributed by atoms with Crippen LogP contribution in [0.15, 0.2) is 33.1 Å². The number of ketones is 2. The topological polar surface area (TPSA) is 60.4 Å². The van der Waals surface area contributed by atoms with E-state index in [1.54, 1.807) is 24.3 Å². The van der Waals surface area contributed by atoms with E-state index in [2.05, 4.69) is 0 Å². The molecule has 0 bridgehead atoms. The SMILES string of the molecule is CC(=O)c1ccc([I+]c2ccc(C(C)=O)o2)o1. The van der Waals surface area contributed by atoms with Gasteiger partial charge in [-0.15, -0.1) is 0 Å². The quantitative estimate of drug-likeness (QED) is 0.549. The zero-order valence-corrected chi connectivity index (χ0v) is 11.5. The standard InChI is InChI=1S/C12H10IO4/c1-7(14)9-3-5-11(16-9)13-12-6-4-10(17-12)8(2)15/h3-6H,1-2H3/q+1. The number of furan rings is 2. The van der Waals surface area contributed by atoms with Crippen molar-refractivity contribution in [2.24, 2.45) is 0 Å². The van der Waals surface area contributed by atoms with E-state index in [0.29, 0.717) is 11.5 Å². The molecule has 0 N–H and O–H groups in total. The van der Waals surface area contributed by atoms with Crippen LogP contribution in [-0.2, 0) is 0 Å². The summed E-state index contributed by atoms with van der Waals surface area (Å²) in [5.41, 5.74) is 0. The van der Waals surface area contributed by atoms with Gasteiger partial charge in [0.2, 0.25) is 0 Å². The maximum Gasteiger partial charge on any atom is 0.443 e. The van der Waals surface area contributed by atoms with E-state index in [1.165, 1.54) is 13.8 Å². The predicted molar refractivity (Wildman–Crippen MR) is 54.8 cm³/mol. The summed E-state index contributed by atoms with van der Waals surface area (Å²) < 4.78 is 12.2. The molecule has 0 spiro atoms. The van der Waals surface area contributed by atoms with Crippen LogP contribution in [0.1, 0.15) is 35.0 Å². The molecule has 17 heavy (non-hydrogen) atoms. The van der Waals surface area contributed by atoms with Crippen LogP contribution in [0.4, 0.5) is 0 Å². The average Bonchev–Trinajstić information content (AvgIpc) is 2.87. The number of hydrogen-bond donors (Lipinski definition) is 0. The summed E-state index contributed by atoms with van der Waals surface area (Å²) in [4.78, 5) is 22.1. The Hall–Kier alpha value is -1.37. The first-order chi connectivity index (χ1) is 8.06. The fourth-order valence-corrected chi connectivity index (χ4v) is 3.14. The largest absolute Gasteiger partial charge is 0.443 e. The lowest BCUT2D eigenvalue weighted by atomic mass is 10.3. The zero-order chi connectivity index (χ0) is 12.4. The summed E-state index contributed by atoms with van der Waals surface area (Å²) >= 11 is -0.619. The van der Waals surface area contributed by atoms with Gasteiger partial charge in [-0.1, -0.05) is 0 Å². The van der Waals surface area contributed by atoms with E-state index in [9.17, 15) is 9.59 Å². The molecule has 0 fully saturated rings. The van der Waals surface area contributed by atoms with Gasteiger partial charge in [-0.2, -0.15) is 0 Å². The first kappa shape index (κ1) is 12.1. The third-order valence-electron chi connectivity index (χ3n) is 2.03. The van der Waals surface area contributed by atoms with Crippen molar-refractivity contribution in [3.05, 3.63) is 43.3 Å². The minimum Gasteiger partial charge on any atom is -0.415 e. The van der Waals surface area contributed by atoms with Gasteiger partial charge in [0.15, 0.2) is 23.1 Å². The van der Waals surface area contributed by atoms with Crippen LogP contribution < -0.4 is 21.2 Å². The summed E-state index contributed by atoms with van der Waals surface area (Å²) in [5, 5.41) is 0. The average molecular weight is 345 g/mol. The number of hydrogen-bond acceptors (Lipinski definition) is 4. The highest BCUT2D eigenvalue weighted by molar-refractivity contribution is 5.91. The van der Waals surface area contributed by atoms with Crippen LogP contribution in [0.5, 0.6) is 0 Å². The Kier molecular flexibility index (Phi) is 3.46. The summed E-state index contributed by atoms with van der Waals surface area (Å²) in [5.74, 6) is 0.532. The third-order valence-corrected chi connectivity index (χ3v) is 4.25. The Morgan fingerprint density at radius 1 is 0.882 bits per heavy atom. The molecule has 2 aromatic rings. The Labute approximate surface area is 108 Å². The minimum absolute atomic E-state index is 0.0934. The molecule has 0 unspecified atom stereocenters. The molecule has 0 aliphatic carbocycles. The van der Waals surface area contributed by atoms with Crippen molar-refractivity contribution in [1.29, 1.82) is 0 Å². The minimum atomic E-state index is -0.619. The first-order valence-electron chi connectivity index (χ1n) is 4.92. The smallest absolute Gasteiger partial charge is 0.415 e. The zero-order valence-electron chi connectivity index (χ0n) is 9.32. The van der Waals surface area contributed by atoms with Crippen LogP contribution in [0.2, 0.25) is 0 Å². The molecule has 5 heteroatoms. The van der Waals surface area contributed by atoms with Crippen molar-refractivity contribution in [1.82, 2.24) is 0 Å². The molecule has 0 aliphatic rings. The van der Waals surface area contributed by atoms with Crippen molar-refractivity contribution >= 4 is 11.6 Å². The number of carbonyl (C=O) groups is 2. The summed E-state index contributed by atoms with van der Waals surface area (Å²) in [6.45, 7) is 2.92. The number of rotatable bonds is 4. The number of carbonyl (C=O) groups excluding carboxylic acids is 2. The monoisotopic (exact) mass is 345 g/mol. The van der Waals surface area contributed by atoms with Gasteiger partial charge in [0.25, 0.3) is 0 Å². The van der Waals surface area contributed by atoms with E-state index in [4.69, 9.17) is 8.83 Å². The van der Waals surface area contributed by atoms with E-state index < -0.39 is 21.2 Å². The maximum atomic E-state index is 11.1. The van der Waals surface area contributed by atoms with Gasteiger partial charge in [0, 0.05) is 26.0 Å². The molecule has 0 saturated carbocycles. The molecule has 0 atom stereocenters. The van der Waals surface area contributed by atoms with Crippen molar-refractivity contribution in [3.63, 3.8) is 0 Å². The summed E-state index contributed by atoms with van der Waals surface area (Å²) in [6.07, 6.45) is 0. The lowest BCUT2D eigenvalue weighted by molar-refractivity contribution is -0.636. The first-order valence-corrected chi connectivity index (χ1v) is 7.08. The van der Waals surface area contributed by atoms with Gasteiger partial charge < -0.3 is 8.83 Å².